The maximum absolute atomic E-state index is 12.2. The Kier molecular flexibility index (Phi) is 4.04. The first-order chi connectivity index (χ1) is 12.3. The van der Waals surface area contributed by atoms with Gasteiger partial charge in [0, 0.05) is 6.54 Å². The summed E-state index contributed by atoms with van der Waals surface area (Å²) in [4.78, 5) is 16.2. The second-order valence-electron chi connectivity index (χ2n) is 5.54. The fourth-order valence-electron chi connectivity index (χ4n) is 2.57. The Morgan fingerprint density at radius 1 is 1.12 bits per heavy atom. The van der Waals surface area contributed by atoms with E-state index in [4.69, 9.17) is 9.47 Å². The summed E-state index contributed by atoms with van der Waals surface area (Å²) >= 11 is 0. The summed E-state index contributed by atoms with van der Waals surface area (Å²) in [7, 11) is 0. The number of hydrogen-bond donors (Lipinski definition) is 1. The Hall–Kier alpha value is -3.35. The van der Waals surface area contributed by atoms with E-state index in [1.165, 1.54) is 6.33 Å². The lowest BCUT2D eigenvalue weighted by atomic mass is 10.1. The number of carbonyl (C=O) groups is 1. The molecule has 0 bridgehead atoms. The molecule has 0 atom stereocenters. The van der Waals surface area contributed by atoms with E-state index in [2.05, 4.69) is 15.4 Å². The largest absolute Gasteiger partial charge is 0.454 e. The van der Waals surface area contributed by atoms with Gasteiger partial charge in [0.1, 0.15) is 6.33 Å². The van der Waals surface area contributed by atoms with Crippen molar-refractivity contribution in [2.24, 2.45) is 0 Å². The molecule has 0 fully saturated rings. The number of para-hydroxylation sites is 1. The normalized spacial score (nSPS) is 12.2. The lowest BCUT2D eigenvalue weighted by molar-refractivity contribution is 0.0944. The summed E-state index contributed by atoms with van der Waals surface area (Å²) < 4.78 is 12.2. The van der Waals surface area contributed by atoms with Gasteiger partial charge in [-0.15, -0.1) is 5.10 Å². The van der Waals surface area contributed by atoms with Crippen LogP contribution in [0.15, 0.2) is 54.9 Å². The smallest absolute Gasteiger partial charge is 0.290 e. The van der Waals surface area contributed by atoms with E-state index < -0.39 is 0 Å². The average molecular weight is 336 g/mol. The van der Waals surface area contributed by atoms with Crippen LogP contribution >= 0.6 is 0 Å². The van der Waals surface area contributed by atoms with Gasteiger partial charge in [-0.25, -0.2) is 9.67 Å². The molecule has 0 aliphatic carbocycles. The fourth-order valence-corrected chi connectivity index (χ4v) is 2.57. The van der Waals surface area contributed by atoms with Crippen LogP contribution in [0.25, 0.3) is 5.69 Å². The van der Waals surface area contributed by atoms with E-state index in [0.717, 1.165) is 22.7 Å². The maximum Gasteiger partial charge on any atom is 0.290 e. The number of ether oxygens (including phenoxy) is 2. The van der Waals surface area contributed by atoms with E-state index in [-0.39, 0.29) is 18.5 Å². The Bertz CT molecular complexity index is 892. The predicted octanol–water partition coefficient (Wildman–Crippen LogP) is 1.97. The molecule has 25 heavy (non-hydrogen) atoms. The highest BCUT2D eigenvalue weighted by molar-refractivity contribution is 5.90. The third-order valence-electron chi connectivity index (χ3n) is 3.85. The molecule has 0 spiro atoms. The molecular weight excluding hydrogens is 320 g/mol. The van der Waals surface area contributed by atoms with E-state index >= 15 is 0 Å². The van der Waals surface area contributed by atoms with Crippen molar-refractivity contribution in [3.8, 4) is 17.2 Å². The molecule has 4 rings (SSSR count). The van der Waals surface area contributed by atoms with Gasteiger partial charge in [0.15, 0.2) is 11.5 Å². The highest BCUT2D eigenvalue weighted by Crippen LogP contribution is 2.32. The molecule has 1 aliphatic heterocycles. The number of rotatable bonds is 5. The molecule has 126 valence electrons. The minimum atomic E-state index is -0.296. The summed E-state index contributed by atoms with van der Waals surface area (Å²) in [6.07, 6.45) is 2.21. The van der Waals surface area contributed by atoms with Gasteiger partial charge in [0.25, 0.3) is 5.91 Å². The highest BCUT2D eigenvalue weighted by Gasteiger charge is 2.14. The molecule has 7 heteroatoms. The average Bonchev–Trinajstić information content (AvgIpc) is 3.31. The van der Waals surface area contributed by atoms with Crippen molar-refractivity contribution in [3.05, 3.63) is 66.2 Å². The second kappa shape index (κ2) is 6.64. The number of carbonyl (C=O) groups excluding carboxylic acids is 1. The van der Waals surface area contributed by atoms with Crippen molar-refractivity contribution >= 4 is 5.91 Å². The van der Waals surface area contributed by atoms with E-state index in [1.54, 1.807) is 4.68 Å². The molecule has 2 heterocycles. The lowest BCUT2D eigenvalue weighted by Gasteiger charge is -2.04. The van der Waals surface area contributed by atoms with Crippen molar-refractivity contribution in [3.63, 3.8) is 0 Å². The molecule has 1 aromatic heterocycles. The van der Waals surface area contributed by atoms with E-state index in [0.29, 0.717) is 13.0 Å². The molecule has 0 saturated heterocycles. The zero-order valence-electron chi connectivity index (χ0n) is 13.4. The van der Waals surface area contributed by atoms with E-state index in [9.17, 15) is 4.79 Å². The van der Waals surface area contributed by atoms with Gasteiger partial charge in [-0.3, -0.25) is 4.79 Å². The van der Waals surface area contributed by atoms with Crippen LogP contribution in [0.4, 0.5) is 0 Å². The molecular formula is C18H16N4O3. The van der Waals surface area contributed by atoms with Crippen LogP contribution < -0.4 is 14.8 Å². The van der Waals surface area contributed by atoms with Crippen LogP contribution in [-0.4, -0.2) is 34.0 Å². The Labute approximate surface area is 144 Å². The van der Waals surface area contributed by atoms with Gasteiger partial charge in [-0.1, -0.05) is 24.3 Å². The summed E-state index contributed by atoms with van der Waals surface area (Å²) in [6.45, 7) is 0.740. The van der Waals surface area contributed by atoms with Gasteiger partial charge >= 0.3 is 0 Å². The van der Waals surface area contributed by atoms with E-state index in [1.807, 2.05) is 48.5 Å². The molecule has 0 radical (unpaired) electrons. The number of fused-ring (bicyclic) bond motifs is 1. The van der Waals surface area contributed by atoms with Crippen molar-refractivity contribution < 1.29 is 14.3 Å². The topological polar surface area (TPSA) is 78.3 Å². The van der Waals surface area contributed by atoms with Gasteiger partial charge in [0.2, 0.25) is 12.6 Å². The Balaban J connectivity index is 1.34. The SMILES string of the molecule is O=C(NCCc1ccc2c(c1)OCO2)c1ncn(-c2ccccc2)n1. The van der Waals surface area contributed by atoms with Gasteiger partial charge in [-0.05, 0) is 36.2 Å². The minimum Gasteiger partial charge on any atom is -0.454 e. The number of nitrogens with zero attached hydrogens (tertiary/aromatic N) is 3. The Morgan fingerprint density at radius 2 is 1.96 bits per heavy atom. The first-order valence-corrected chi connectivity index (χ1v) is 7.93. The molecule has 0 saturated carbocycles. The zero-order valence-corrected chi connectivity index (χ0v) is 13.4. The standard InChI is InChI=1S/C18H16N4O3/c23-18(17-20-11-22(21-17)14-4-2-1-3-5-14)19-9-8-13-6-7-15-16(10-13)25-12-24-15/h1-7,10-11H,8-9,12H2,(H,19,23). The van der Waals surface area contributed by atoms with Crippen LogP contribution in [0, 0.1) is 0 Å². The van der Waals surface area contributed by atoms with Crippen LogP contribution in [0.1, 0.15) is 16.2 Å². The van der Waals surface area contributed by atoms with Crippen LogP contribution in [-0.2, 0) is 6.42 Å². The van der Waals surface area contributed by atoms with Gasteiger partial charge in [-0.2, -0.15) is 0 Å². The first-order valence-electron chi connectivity index (χ1n) is 7.93. The number of amides is 1. The summed E-state index contributed by atoms with van der Waals surface area (Å²) in [6, 6.07) is 15.3. The van der Waals surface area contributed by atoms with Crippen molar-refractivity contribution in [2.75, 3.05) is 13.3 Å². The molecule has 2 aromatic carbocycles. The number of hydrogen-bond acceptors (Lipinski definition) is 5. The molecule has 1 N–H and O–H groups in total. The van der Waals surface area contributed by atoms with Crippen molar-refractivity contribution in [1.29, 1.82) is 0 Å². The van der Waals surface area contributed by atoms with Crippen LogP contribution in [0.5, 0.6) is 11.5 Å². The molecule has 0 unspecified atom stereocenters. The van der Waals surface area contributed by atoms with Gasteiger partial charge in [0.05, 0.1) is 5.69 Å². The number of aromatic nitrogens is 3. The fraction of sp³-hybridized carbons (Fsp3) is 0.167. The molecule has 3 aromatic rings. The zero-order chi connectivity index (χ0) is 17.1. The van der Waals surface area contributed by atoms with Crippen LogP contribution in [0.3, 0.4) is 0 Å². The third-order valence-corrected chi connectivity index (χ3v) is 3.85. The summed E-state index contributed by atoms with van der Waals surface area (Å²) in [5.41, 5.74) is 1.92. The number of nitrogens with one attached hydrogen (secondary N) is 1. The second-order valence-corrected chi connectivity index (χ2v) is 5.54. The highest BCUT2D eigenvalue weighted by atomic mass is 16.7. The van der Waals surface area contributed by atoms with Crippen molar-refractivity contribution in [1.82, 2.24) is 20.1 Å². The molecule has 1 aliphatic rings. The monoisotopic (exact) mass is 336 g/mol. The molecule has 7 nitrogen and oxygen atoms in total. The maximum atomic E-state index is 12.2. The Morgan fingerprint density at radius 3 is 2.84 bits per heavy atom. The minimum absolute atomic E-state index is 0.148. The third kappa shape index (κ3) is 3.30. The summed E-state index contributed by atoms with van der Waals surface area (Å²) in [5, 5.41) is 7.04. The predicted molar refractivity (Wildman–Crippen MR) is 90.0 cm³/mol. The van der Waals surface area contributed by atoms with Crippen LogP contribution in [0.2, 0.25) is 0 Å². The van der Waals surface area contributed by atoms with Gasteiger partial charge < -0.3 is 14.8 Å². The molecule has 1 amide bonds. The lowest BCUT2D eigenvalue weighted by Crippen LogP contribution is -2.26. The quantitative estimate of drug-likeness (QED) is 0.771. The summed E-state index contributed by atoms with van der Waals surface area (Å²) in [5.74, 6) is 1.35. The first kappa shape index (κ1) is 15.2. The van der Waals surface area contributed by atoms with Crippen molar-refractivity contribution in [2.45, 2.75) is 6.42 Å². The number of benzene rings is 2.